The average Bonchev–Trinajstić information content (AvgIpc) is 2.28. The lowest BCUT2D eigenvalue weighted by molar-refractivity contribution is 0.476. The normalized spacial score (nSPS) is 10.3. The highest BCUT2D eigenvalue weighted by Gasteiger charge is 2.02. The molecule has 0 spiro atoms. The van der Waals surface area contributed by atoms with E-state index in [0.717, 1.165) is 0 Å². The summed E-state index contributed by atoms with van der Waals surface area (Å²) in [5.41, 5.74) is 6.14. The number of hydrogen-bond donors (Lipinski definition) is 1. The van der Waals surface area contributed by atoms with E-state index in [1.807, 2.05) is 0 Å². The van der Waals surface area contributed by atoms with Gasteiger partial charge in [0.05, 0.1) is 0 Å². The molecule has 88 valence electrons. The maximum atomic E-state index is 13.2. The minimum Gasteiger partial charge on any atom is -0.457 e. The van der Waals surface area contributed by atoms with Gasteiger partial charge >= 0.3 is 0 Å². The zero-order valence-corrected chi connectivity index (χ0v) is 9.75. The molecule has 0 fully saturated rings. The Morgan fingerprint density at radius 2 is 1.94 bits per heavy atom. The molecule has 0 unspecified atom stereocenters. The molecule has 2 N–H and O–H groups in total. The Balaban J connectivity index is 2.26. The fourth-order valence-electron chi connectivity index (χ4n) is 1.46. The standard InChI is InChI=1S/C13H11ClFNO/c14-10-2-1-3-12(6-10)17-13-5-9(8-16)4-11(15)7-13/h1-7H,8,16H2. The van der Waals surface area contributed by atoms with Crippen molar-refractivity contribution in [2.45, 2.75) is 6.54 Å². The summed E-state index contributed by atoms with van der Waals surface area (Å²) in [5.74, 6) is 0.601. The number of benzene rings is 2. The van der Waals surface area contributed by atoms with E-state index in [9.17, 15) is 4.39 Å². The summed E-state index contributed by atoms with van der Waals surface area (Å²) in [6.07, 6.45) is 0. The monoisotopic (exact) mass is 251 g/mol. The number of halogens is 2. The molecule has 0 saturated carbocycles. The van der Waals surface area contributed by atoms with Crippen LogP contribution in [0.5, 0.6) is 11.5 Å². The van der Waals surface area contributed by atoms with E-state index in [1.54, 1.807) is 30.3 Å². The van der Waals surface area contributed by atoms with Gasteiger partial charge in [-0.25, -0.2) is 4.39 Å². The zero-order valence-electron chi connectivity index (χ0n) is 8.99. The second-order valence-electron chi connectivity index (χ2n) is 3.56. The maximum absolute atomic E-state index is 13.2. The molecular formula is C13H11ClFNO. The quantitative estimate of drug-likeness (QED) is 0.902. The lowest BCUT2D eigenvalue weighted by Gasteiger charge is -2.07. The van der Waals surface area contributed by atoms with Crippen LogP contribution in [0.2, 0.25) is 5.02 Å². The first-order valence-corrected chi connectivity index (χ1v) is 5.48. The number of rotatable bonds is 3. The van der Waals surface area contributed by atoms with Gasteiger partial charge in [0, 0.05) is 17.6 Å². The van der Waals surface area contributed by atoms with Crippen molar-refractivity contribution >= 4 is 11.6 Å². The highest BCUT2D eigenvalue weighted by atomic mass is 35.5. The lowest BCUT2D eigenvalue weighted by atomic mass is 10.2. The fraction of sp³-hybridized carbons (Fsp3) is 0.0769. The molecule has 4 heteroatoms. The summed E-state index contributed by atoms with van der Waals surface area (Å²) in [6.45, 7) is 0.268. The molecule has 2 nitrogen and oxygen atoms in total. The van der Waals surface area contributed by atoms with Gasteiger partial charge in [-0.05, 0) is 35.9 Å². The van der Waals surface area contributed by atoms with Gasteiger partial charge in [-0.1, -0.05) is 17.7 Å². The van der Waals surface area contributed by atoms with Crippen molar-refractivity contribution in [3.8, 4) is 11.5 Å². The largest absolute Gasteiger partial charge is 0.457 e. The number of hydrogen-bond acceptors (Lipinski definition) is 2. The first-order valence-electron chi connectivity index (χ1n) is 5.10. The second kappa shape index (κ2) is 5.17. The van der Waals surface area contributed by atoms with Crippen LogP contribution in [0, 0.1) is 5.82 Å². The Hall–Kier alpha value is -1.58. The van der Waals surface area contributed by atoms with Crippen molar-refractivity contribution in [2.24, 2.45) is 5.73 Å². The minimum absolute atomic E-state index is 0.268. The third-order valence-electron chi connectivity index (χ3n) is 2.20. The third-order valence-corrected chi connectivity index (χ3v) is 2.43. The van der Waals surface area contributed by atoms with Crippen molar-refractivity contribution in [1.82, 2.24) is 0 Å². The van der Waals surface area contributed by atoms with E-state index in [-0.39, 0.29) is 12.4 Å². The first-order chi connectivity index (χ1) is 8.17. The lowest BCUT2D eigenvalue weighted by Crippen LogP contribution is -1.97. The highest BCUT2D eigenvalue weighted by molar-refractivity contribution is 6.30. The van der Waals surface area contributed by atoms with E-state index in [4.69, 9.17) is 22.1 Å². The van der Waals surface area contributed by atoms with Gasteiger partial charge in [0.1, 0.15) is 17.3 Å². The molecule has 0 bridgehead atoms. The van der Waals surface area contributed by atoms with E-state index in [2.05, 4.69) is 0 Å². The summed E-state index contributed by atoms with van der Waals surface area (Å²) >= 11 is 5.83. The summed E-state index contributed by atoms with van der Waals surface area (Å²) in [4.78, 5) is 0. The summed E-state index contributed by atoms with van der Waals surface area (Å²) in [6, 6.07) is 11.3. The Labute approximate surface area is 104 Å². The number of nitrogens with two attached hydrogens (primary N) is 1. The van der Waals surface area contributed by atoms with Gasteiger partial charge < -0.3 is 10.5 Å². The third kappa shape index (κ3) is 3.19. The van der Waals surface area contributed by atoms with E-state index in [0.29, 0.717) is 22.1 Å². The van der Waals surface area contributed by atoms with Gasteiger partial charge in [0.25, 0.3) is 0 Å². The van der Waals surface area contributed by atoms with Crippen molar-refractivity contribution < 1.29 is 9.13 Å². The molecule has 2 rings (SSSR count). The van der Waals surface area contributed by atoms with Crippen LogP contribution in [0.25, 0.3) is 0 Å². The Morgan fingerprint density at radius 3 is 2.65 bits per heavy atom. The van der Waals surface area contributed by atoms with Crippen LogP contribution in [0.3, 0.4) is 0 Å². The van der Waals surface area contributed by atoms with Crippen molar-refractivity contribution in [3.05, 3.63) is 58.9 Å². The molecule has 0 atom stereocenters. The fourth-order valence-corrected chi connectivity index (χ4v) is 1.64. The molecule has 0 heterocycles. The Bertz CT molecular complexity index is 531. The van der Waals surface area contributed by atoms with Crippen LogP contribution in [-0.2, 0) is 6.54 Å². The Morgan fingerprint density at radius 1 is 1.12 bits per heavy atom. The average molecular weight is 252 g/mol. The molecule has 0 radical (unpaired) electrons. The molecule has 2 aromatic rings. The van der Waals surface area contributed by atoms with Crippen molar-refractivity contribution in [2.75, 3.05) is 0 Å². The molecule has 0 aliphatic carbocycles. The summed E-state index contributed by atoms with van der Waals surface area (Å²) < 4.78 is 18.7. The van der Waals surface area contributed by atoms with Crippen LogP contribution in [0.15, 0.2) is 42.5 Å². The van der Waals surface area contributed by atoms with Gasteiger partial charge in [-0.3, -0.25) is 0 Å². The van der Waals surface area contributed by atoms with E-state index < -0.39 is 0 Å². The first kappa shape index (κ1) is 11.9. The Kier molecular flexibility index (Phi) is 3.61. The molecule has 0 aromatic heterocycles. The summed E-state index contributed by atoms with van der Waals surface area (Å²) in [7, 11) is 0. The smallest absolute Gasteiger partial charge is 0.130 e. The van der Waals surface area contributed by atoms with Crippen LogP contribution in [0.4, 0.5) is 4.39 Å². The number of ether oxygens (including phenoxy) is 1. The van der Waals surface area contributed by atoms with Crippen LogP contribution >= 0.6 is 11.6 Å². The topological polar surface area (TPSA) is 35.2 Å². The van der Waals surface area contributed by atoms with Crippen LogP contribution < -0.4 is 10.5 Å². The molecule has 0 saturated heterocycles. The van der Waals surface area contributed by atoms with Crippen LogP contribution in [0.1, 0.15) is 5.56 Å². The van der Waals surface area contributed by atoms with Gasteiger partial charge in [-0.2, -0.15) is 0 Å². The van der Waals surface area contributed by atoms with E-state index in [1.165, 1.54) is 12.1 Å². The van der Waals surface area contributed by atoms with E-state index >= 15 is 0 Å². The predicted octanol–water partition coefficient (Wildman–Crippen LogP) is 3.73. The molecule has 0 amide bonds. The predicted molar refractivity (Wildman–Crippen MR) is 65.8 cm³/mol. The molecule has 17 heavy (non-hydrogen) atoms. The molecular weight excluding hydrogens is 241 g/mol. The zero-order chi connectivity index (χ0) is 12.3. The second-order valence-corrected chi connectivity index (χ2v) is 4.00. The molecule has 0 aliphatic rings. The van der Waals surface area contributed by atoms with Crippen LogP contribution in [-0.4, -0.2) is 0 Å². The molecule has 0 aliphatic heterocycles. The maximum Gasteiger partial charge on any atom is 0.130 e. The van der Waals surface area contributed by atoms with Crippen molar-refractivity contribution in [3.63, 3.8) is 0 Å². The van der Waals surface area contributed by atoms with Gasteiger partial charge in [0.15, 0.2) is 0 Å². The summed E-state index contributed by atoms with van der Waals surface area (Å²) in [5, 5.41) is 0.568. The molecule has 2 aromatic carbocycles. The van der Waals surface area contributed by atoms with Crippen molar-refractivity contribution in [1.29, 1.82) is 0 Å². The highest BCUT2D eigenvalue weighted by Crippen LogP contribution is 2.25. The van der Waals surface area contributed by atoms with Gasteiger partial charge in [-0.15, -0.1) is 0 Å². The minimum atomic E-state index is -0.370. The SMILES string of the molecule is NCc1cc(F)cc(Oc2cccc(Cl)c2)c1. The van der Waals surface area contributed by atoms with Gasteiger partial charge in [0.2, 0.25) is 0 Å².